The molecule has 0 fully saturated rings. The largest absolute Gasteiger partial charge is 0.327 e. The molecule has 2 N–H and O–H groups in total. The van der Waals surface area contributed by atoms with Crippen molar-refractivity contribution in [3.05, 3.63) is 22.4 Å². The summed E-state index contributed by atoms with van der Waals surface area (Å²) in [5, 5.41) is 2.16. The van der Waals surface area contributed by atoms with Gasteiger partial charge in [0.1, 0.15) is 0 Å². The van der Waals surface area contributed by atoms with E-state index in [1.54, 1.807) is 0 Å². The van der Waals surface area contributed by atoms with Gasteiger partial charge in [0.05, 0.1) is 0 Å². The molecule has 0 aromatic carbocycles. The molecule has 0 aliphatic carbocycles. The standard InChI is InChI=1S/C14H26N2S/c1-5-13(14-7-6-10-17-14)16(4)9-8-12(15)11(2)3/h6-7,10-13H,5,8-9,15H2,1-4H3. The lowest BCUT2D eigenvalue weighted by molar-refractivity contribution is 0.227. The van der Waals surface area contributed by atoms with Crippen molar-refractivity contribution < 1.29 is 0 Å². The molecule has 2 unspecified atom stereocenters. The maximum Gasteiger partial charge on any atom is 0.0435 e. The van der Waals surface area contributed by atoms with Crippen molar-refractivity contribution in [3.63, 3.8) is 0 Å². The molecule has 0 saturated heterocycles. The summed E-state index contributed by atoms with van der Waals surface area (Å²) in [7, 11) is 2.21. The first-order valence-corrected chi connectivity index (χ1v) is 7.43. The number of thiophene rings is 1. The fourth-order valence-electron chi connectivity index (χ4n) is 2.05. The third-order valence-electron chi connectivity index (χ3n) is 3.46. The van der Waals surface area contributed by atoms with Crippen LogP contribution in [0.3, 0.4) is 0 Å². The lowest BCUT2D eigenvalue weighted by atomic mass is 10.0. The summed E-state index contributed by atoms with van der Waals surface area (Å²) in [6, 6.07) is 5.24. The molecule has 1 aromatic rings. The van der Waals surface area contributed by atoms with Crippen molar-refractivity contribution in [1.82, 2.24) is 4.90 Å². The van der Waals surface area contributed by atoms with Gasteiger partial charge in [0.2, 0.25) is 0 Å². The van der Waals surface area contributed by atoms with Crippen LogP contribution in [0, 0.1) is 5.92 Å². The van der Waals surface area contributed by atoms with Crippen LogP contribution in [0.4, 0.5) is 0 Å². The van der Waals surface area contributed by atoms with E-state index in [1.807, 2.05) is 11.3 Å². The molecule has 1 heterocycles. The van der Waals surface area contributed by atoms with Crippen molar-refractivity contribution in [2.75, 3.05) is 13.6 Å². The Morgan fingerprint density at radius 3 is 2.59 bits per heavy atom. The van der Waals surface area contributed by atoms with Crippen molar-refractivity contribution in [2.24, 2.45) is 11.7 Å². The highest BCUT2D eigenvalue weighted by atomic mass is 32.1. The molecule has 0 radical (unpaired) electrons. The molecule has 17 heavy (non-hydrogen) atoms. The van der Waals surface area contributed by atoms with Crippen molar-refractivity contribution >= 4 is 11.3 Å². The van der Waals surface area contributed by atoms with Gasteiger partial charge in [-0.25, -0.2) is 0 Å². The fraction of sp³-hybridized carbons (Fsp3) is 0.714. The zero-order chi connectivity index (χ0) is 12.8. The first kappa shape index (κ1) is 14.7. The third kappa shape index (κ3) is 4.41. The first-order chi connectivity index (χ1) is 8.06. The molecule has 0 saturated carbocycles. The van der Waals surface area contributed by atoms with Gasteiger partial charge in [0.25, 0.3) is 0 Å². The molecule has 0 aliphatic rings. The zero-order valence-corrected chi connectivity index (χ0v) is 12.3. The average molecular weight is 254 g/mol. The highest BCUT2D eigenvalue weighted by molar-refractivity contribution is 7.10. The van der Waals surface area contributed by atoms with Gasteiger partial charge in [-0.2, -0.15) is 0 Å². The van der Waals surface area contributed by atoms with Gasteiger partial charge in [0, 0.05) is 17.0 Å². The van der Waals surface area contributed by atoms with E-state index in [4.69, 9.17) is 5.73 Å². The summed E-state index contributed by atoms with van der Waals surface area (Å²) in [4.78, 5) is 3.90. The van der Waals surface area contributed by atoms with Crippen LogP contribution < -0.4 is 5.73 Å². The highest BCUT2D eigenvalue weighted by Gasteiger charge is 2.17. The van der Waals surface area contributed by atoms with Crippen molar-refractivity contribution in [2.45, 2.75) is 45.7 Å². The van der Waals surface area contributed by atoms with Gasteiger partial charge in [-0.3, -0.25) is 4.90 Å². The second kappa shape index (κ2) is 7.14. The fourth-order valence-corrected chi connectivity index (χ4v) is 3.03. The van der Waals surface area contributed by atoms with Gasteiger partial charge in [-0.15, -0.1) is 11.3 Å². The van der Waals surface area contributed by atoms with Gasteiger partial charge < -0.3 is 5.73 Å². The Kier molecular flexibility index (Phi) is 6.17. The van der Waals surface area contributed by atoms with E-state index in [-0.39, 0.29) is 0 Å². The van der Waals surface area contributed by atoms with E-state index >= 15 is 0 Å². The lowest BCUT2D eigenvalue weighted by Crippen LogP contribution is -2.33. The summed E-state index contributed by atoms with van der Waals surface area (Å²) < 4.78 is 0. The monoisotopic (exact) mass is 254 g/mol. The predicted molar refractivity (Wildman–Crippen MR) is 77.4 cm³/mol. The van der Waals surface area contributed by atoms with Crippen LogP contribution in [0.5, 0.6) is 0 Å². The van der Waals surface area contributed by atoms with E-state index in [2.05, 4.69) is 50.2 Å². The van der Waals surface area contributed by atoms with Gasteiger partial charge in [-0.05, 0) is 43.8 Å². The van der Waals surface area contributed by atoms with E-state index < -0.39 is 0 Å². The zero-order valence-electron chi connectivity index (χ0n) is 11.5. The molecular formula is C14H26N2S. The van der Waals surface area contributed by atoms with Crippen LogP contribution >= 0.6 is 11.3 Å². The van der Waals surface area contributed by atoms with Crippen molar-refractivity contribution in [3.8, 4) is 0 Å². The Morgan fingerprint density at radius 1 is 1.41 bits per heavy atom. The first-order valence-electron chi connectivity index (χ1n) is 6.55. The molecule has 0 spiro atoms. The average Bonchev–Trinajstić information content (AvgIpc) is 2.80. The molecule has 1 rings (SSSR count). The van der Waals surface area contributed by atoms with Crippen LogP contribution in [-0.4, -0.2) is 24.5 Å². The van der Waals surface area contributed by atoms with Gasteiger partial charge in [-0.1, -0.05) is 26.8 Å². The minimum absolute atomic E-state index is 0.318. The predicted octanol–water partition coefficient (Wildman–Crippen LogP) is 3.50. The second-order valence-electron chi connectivity index (χ2n) is 5.12. The van der Waals surface area contributed by atoms with Gasteiger partial charge in [0.15, 0.2) is 0 Å². The minimum Gasteiger partial charge on any atom is -0.327 e. The SMILES string of the molecule is CCC(c1cccs1)N(C)CCC(N)C(C)C. The van der Waals surface area contributed by atoms with Crippen molar-refractivity contribution in [1.29, 1.82) is 0 Å². The molecule has 3 heteroatoms. The minimum atomic E-state index is 0.318. The summed E-state index contributed by atoms with van der Waals surface area (Å²) in [5.41, 5.74) is 6.10. The Labute approximate surface area is 110 Å². The molecule has 2 nitrogen and oxygen atoms in total. The summed E-state index contributed by atoms with van der Waals surface area (Å²) in [6.07, 6.45) is 2.24. The van der Waals surface area contributed by atoms with Crippen LogP contribution in [0.15, 0.2) is 17.5 Å². The lowest BCUT2D eigenvalue weighted by Gasteiger charge is -2.28. The van der Waals surface area contributed by atoms with Crippen LogP contribution in [0.1, 0.15) is 44.5 Å². The number of rotatable bonds is 7. The van der Waals surface area contributed by atoms with Gasteiger partial charge >= 0.3 is 0 Å². The third-order valence-corrected chi connectivity index (χ3v) is 4.44. The Hall–Kier alpha value is -0.380. The van der Waals surface area contributed by atoms with E-state index in [0.717, 1.165) is 19.4 Å². The Balaban J connectivity index is 2.48. The molecule has 2 atom stereocenters. The normalized spacial score (nSPS) is 15.5. The number of hydrogen-bond donors (Lipinski definition) is 1. The smallest absolute Gasteiger partial charge is 0.0435 e. The molecule has 0 amide bonds. The second-order valence-corrected chi connectivity index (χ2v) is 6.10. The Bertz CT molecular complexity index is 295. The molecule has 98 valence electrons. The van der Waals surface area contributed by atoms with E-state index in [9.17, 15) is 0 Å². The molecule has 1 aromatic heterocycles. The molecule has 0 aliphatic heterocycles. The maximum absolute atomic E-state index is 6.10. The number of nitrogens with zero attached hydrogens (tertiary/aromatic N) is 1. The van der Waals surface area contributed by atoms with Crippen LogP contribution in [-0.2, 0) is 0 Å². The maximum atomic E-state index is 6.10. The summed E-state index contributed by atoms with van der Waals surface area (Å²) in [5.74, 6) is 0.574. The van der Waals surface area contributed by atoms with E-state index in [0.29, 0.717) is 18.0 Å². The molecule has 0 bridgehead atoms. The van der Waals surface area contributed by atoms with E-state index in [1.165, 1.54) is 4.88 Å². The summed E-state index contributed by atoms with van der Waals surface area (Å²) >= 11 is 1.85. The quantitative estimate of drug-likeness (QED) is 0.807. The number of hydrogen-bond acceptors (Lipinski definition) is 3. The summed E-state index contributed by atoms with van der Waals surface area (Å²) in [6.45, 7) is 7.72. The topological polar surface area (TPSA) is 29.3 Å². The van der Waals surface area contributed by atoms with Crippen LogP contribution in [0.25, 0.3) is 0 Å². The molecular weight excluding hydrogens is 228 g/mol. The Morgan fingerprint density at radius 2 is 2.12 bits per heavy atom. The highest BCUT2D eigenvalue weighted by Crippen LogP contribution is 2.27. The van der Waals surface area contributed by atoms with Crippen LogP contribution in [0.2, 0.25) is 0 Å². The number of nitrogens with two attached hydrogens (primary N) is 1.